The van der Waals surface area contributed by atoms with E-state index in [0.717, 1.165) is 29.2 Å². The van der Waals surface area contributed by atoms with Crippen molar-refractivity contribution in [1.82, 2.24) is 19.9 Å². The van der Waals surface area contributed by atoms with Crippen LogP contribution in [0.3, 0.4) is 0 Å². The van der Waals surface area contributed by atoms with Gasteiger partial charge in [-0.2, -0.15) is 9.97 Å². The molecule has 0 saturated carbocycles. The summed E-state index contributed by atoms with van der Waals surface area (Å²) in [5.41, 5.74) is 1.60. The minimum absolute atomic E-state index is 0.0228. The van der Waals surface area contributed by atoms with Crippen LogP contribution in [-0.4, -0.2) is 63.8 Å². The Labute approximate surface area is 226 Å². The van der Waals surface area contributed by atoms with E-state index in [2.05, 4.69) is 19.9 Å². The van der Waals surface area contributed by atoms with Crippen molar-refractivity contribution in [1.29, 1.82) is 0 Å². The number of aromatic nitrogens is 3. The summed E-state index contributed by atoms with van der Waals surface area (Å²) in [4.78, 5) is 30.6. The second-order valence-electron chi connectivity index (χ2n) is 11.4. The molecule has 6 rings (SSSR count). The number of piperazine rings is 1. The Morgan fingerprint density at radius 3 is 2.41 bits per heavy atom. The molecule has 8 nitrogen and oxygen atoms in total. The Kier molecular flexibility index (Phi) is 6.04. The molecule has 4 aromatic rings. The van der Waals surface area contributed by atoms with Gasteiger partial charge < -0.3 is 14.4 Å². The number of aryl methyl sites for hydroxylation is 1. The van der Waals surface area contributed by atoms with Crippen molar-refractivity contribution < 1.29 is 18.7 Å². The van der Waals surface area contributed by atoms with Crippen molar-refractivity contribution in [3.63, 3.8) is 0 Å². The lowest BCUT2D eigenvalue weighted by Crippen LogP contribution is -2.57. The van der Waals surface area contributed by atoms with Crippen molar-refractivity contribution in [2.24, 2.45) is 0 Å². The fourth-order valence-electron chi connectivity index (χ4n) is 5.96. The number of anilines is 1. The highest BCUT2D eigenvalue weighted by atomic mass is 19.1. The van der Waals surface area contributed by atoms with Gasteiger partial charge in [-0.15, -0.1) is 0 Å². The molecule has 2 fully saturated rings. The van der Waals surface area contributed by atoms with Gasteiger partial charge in [-0.25, -0.2) is 9.18 Å². The van der Waals surface area contributed by atoms with Gasteiger partial charge in [-0.1, -0.05) is 36.4 Å². The first-order chi connectivity index (χ1) is 18.6. The predicted octanol–water partition coefficient (Wildman–Crippen LogP) is 5.89. The Balaban J connectivity index is 1.41. The molecule has 4 heterocycles. The lowest BCUT2D eigenvalue weighted by atomic mass is 9.97. The molecule has 1 amide bonds. The number of ether oxygens (including phenoxy) is 2. The summed E-state index contributed by atoms with van der Waals surface area (Å²) in [6.07, 6.45) is 3.11. The van der Waals surface area contributed by atoms with Crippen molar-refractivity contribution in [3.8, 4) is 17.3 Å². The van der Waals surface area contributed by atoms with Crippen LogP contribution in [0, 0.1) is 12.7 Å². The summed E-state index contributed by atoms with van der Waals surface area (Å²) in [6.45, 7) is 8.74. The molecular formula is C30H32FN5O3. The number of carbonyl (C=O) groups excluding carboxylic acids is 1. The molecule has 2 unspecified atom stereocenters. The summed E-state index contributed by atoms with van der Waals surface area (Å²) in [5, 5.41) is 2.49. The first-order valence-electron chi connectivity index (χ1n) is 13.3. The normalized spacial score (nSPS) is 19.1. The number of fused-ring (bicyclic) bond motifs is 4. The van der Waals surface area contributed by atoms with Gasteiger partial charge in [-0.05, 0) is 56.9 Å². The minimum atomic E-state index is -0.562. The number of nitrogens with zero attached hydrogens (tertiary/aromatic N) is 5. The van der Waals surface area contributed by atoms with Crippen molar-refractivity contribution in [3.05, 3.63) is 54.0 Å². The molecule has 39 heavy (non-hydrogen) atoms. The predicted molar refractivity (Wildman–Crippen MR) is 149 cm³/mol. The Hall–Kier alpha value is -4.01. The zero-order chi connectivity index (χ0) is 27.5. The van der Waals surface area contributed by atoms with Gasteiger partial charge >= 0.3 is 12.1 Å². The molecule has 0 aliphatic carbocycles. The van der Waals surface area contributed by atoms with Crippen LogP contribution in [0.4, 0.5) is 15.0 Å². The second-order valence-corrected chi connectivity index (χ2v) is 11.4. The van der Waals surface area contributed by atoms with Crippen LogP contribution in [0.1, 0.15) is 39.2 Å². The lowest BCUT2D eigenvalue weighted by molar-refractivity contribution is 0.0123. The van der Waals surface area contributed by atoms with Crippen LogP contribution in [0.5, 0.6) is 6.01 Å². The molecule has 2 atom stereocenters. The standard InChI is InChI=1S/C30H32FN5O3/c1-17-8-6-9-18-10-7-11-21(23(17)18)25-24(31)26-22(14-32-25)27(34-28(33-26)38-5)35-15-19-12-13-20(16-35)36(19)29(37)39-30(2,3)4/h6-11,14,19-20H,12-13,15-16H2,1-5H3. The number of amides is 1. The fraction of sp³-hybridized carbons (Fsp3) is 0.400. The molecular weight excluding hydrogens is 497 g/mol. The van der Waals surface area contributed by atoms with Gasteiger partial charge in [0.15, 0.2) is 5.82 Å². The van der Waals surface area contributed by atoms with Gasteiger partial charge in [0, 0.05) is 24.8 Å². The largest absolute Gasteiger partial charge is 0.467 e. The number of hydrogen-bond acceptors (Lipinski definition) is 7. The minimum Gasteiger partial charge on any atom is -0.467 e. The molecule has 202 valence electrons. The number of methoxy groups -OCH3 is 1. The van der Waals surface area contributed by atoms with E-state index in [9.17, 15) is 4.79 Å². The number of halogens is 1. The number of hydrogen-bond donors (Lipinski definition) is 0. The maximum atomic E-state index is 16.3. The second kappa shape index (κ2) is 9.32. The van der Waals surface area contributed by atoms with E-state index < -0.39 is 11.4 Å². The molecule has 0 N–H and O–H groups in total. The van der Waals surface area contributed by atoms with Gasteiger partial charge in [0.2, 0.25) is 0 Å². The Bertz CT molecular complexity index is 1580. The van der Waals surface area contributed by atoms with E-state index in [1.807, 2.05) is 69.0 Å². The van der Waals surface area contributed by atoms with E-state index in [0.29, 0.717) is 29.9 Å². The van der Waals surface area contributed by atoms with Crippen LogP contribution in [0.15, 0.2) is 42.6 Å². The molecule has 0 spiro atoms. The number of rotatable bonds is 3. The van der Waals surface area contributed by atoms with Crippen LogP contribution >= 0.6 is 0 Å². The average molecular weight is 530 g/mol. The van der Waals surface area contributed by atoms with E-state index in [1.165, 1.54) is 7.11 Å². The summed E-state index contributed by atoms with van der Waals surface area (Å²) in [6, 6.07) is 11.9. The summed E-state index contributed by atoms with van der Waals surface area (Å²) >= 11 is 0. The molecule has 2 aromatic heterocycles. The van der Waals surface area contributed by atoms with Crippen LogP contribution < -0.4 is 9.64 Å². The van der Waals surface area contributed by atoms with Gasteiger partial charge in [0.1, 0.15) is 22.6 Å². The quantitative estimate of drug-likeness (QED) is 0.327. The van der Waals surface area contributed by atoms with Gasteiger partial charge in [-0.3, -0.25) is 9.88 Å². The molecule has 2 bridgehead atoms. The monoisotopic (exact) mass is 529 g/mol. The number of pyridine rings is 1. The van der Waals surface area contributed by atoms with Crippen LogP contribution in [0.2, 0.25) is 0 Å². The fourth-order valence-corrected chi connectivity index (χ4v) is 5.96. The van der Waals surface area contributed by atoms with E-state index in [4.69, 9.17) is 9.47 Å². The zero-order valence-corrected chi connectivity index (χ0v) is 22.9. The SMILES string of the molecule is COc1nc(N2CC3CCC(C2)N3C(=O)OC(C)(C)C)c2cnc(-c3cccc4cccc(C)c34)c(F)c2n1. The van der Waals surface area contributed by atoms with Crippen molar-refractivity contribution >= 4 is 33.6 Å². The highest BCUT2D eigenvalue weighted by Gasteiger charge is 2.45. The Morgan fingerprint density at radius 2 is 1.74 bits per heavy atom. The molecule has 2 aliphatic heterocycles. The third kappa shape index (κ3) is 4.39. The zero-order valence-electron chi connectivity index (χ0n) is 22.9. The summed E-state index contributed by atoms with van der Waals surface area (Å²) < 4.78 is 27.4. The first-order valence-corrected chi connectivity index (χ1v) is 13.3. The van der Waals surface area contributed by atoms with E-state index >= 15 is 4.39 Å². The van der Waals surface area contributed by atoms with Crippen LogP contribution in [-0.2, 0) is 4.74 Å². The highest BCUT2D eigenvalue weighted by molar-refractivity contribution is 6.00. The Morgan fingerprint density at radius 1 is 1.05 bits per heavy atom. The third-order valence-corrected chi connectivity index (χ3v) is 7.58. The lowest BCUT2D eigenvalue weighted by Gasteiger charge is -2.42. The number of benzene rings is 2. The summed E-state index contributed by atoms with van der Waals surface area (Å²) in [5.74, 6) is 0.0465. The molecule has 2 aliphatic rings. The molecule has 9 heteroatoms. The van der Waals surface area contributed by atoms with Crippen molar-refractivity contribution in [2.45, 2.75) is 58.2 Å². The smallest absolute Gasteiger partial charge is 0.410 e. The molecule has 0 radical (unpaired) electrons. The van der Waals surface area contributed by atoms with Gasteiger partial charge in [0.05, 0.1) is 24.6 Å². The topological polar surface area (TPSA) is 80.7 Å². The van der Waals surface area contributed by atoms with E-state index in [1.54, 1.807) is 6.20 Å². The van der Waals surface area contributed by atoms with E-state index in [-0.39, 0.29) is 35.4 Å². The molecule has 2 saturated heterocycles. The van der Waals surface area contributed by atoms with Gasteiger partial charge in [0.25, 0.3) is 0 Å². The van der Waals surface area contributed by atoms with Crippen molar-refractivity contribution in [2.75, 3.05) is 25.1 Å². The van der Waals surface area contributed by atoms with Crippen LogP contribution in [0.25, 0.3) is 32.9 Å². The maximum Gasteiger partial charge on any atom is 0.410 e. The highest BCUT2D eigenvalue weighted by Crippen LogP contribution is 2.38. The first kappa shape index (κ1) is 25.3. The third-order valence-electron chi connectivity index (χ3n) is 7.58. The number of carbonyl (C=O) groups is 1. The summed E-state index contributed by atoms with van der Waals surface area (Å²) in [7, 11) is 1.48. The maximum absolute atomic E-state index is 16.3. The average Bonchev–Trinajstić information content (AvgIpc) is 3.17. The molecule has 2 aromatic carbocycles.